The summed E-state index contributed by atoms with van der Waals surface area (Å²) < 4.78 is 2.65. The van der Waals surface area contributed by atoms with Gasteiger partial charge in [-0.3, -0.25) is 4.79 Å². The van der Waals surface area contributed by atoms with Gasteiger partial charge < -0.3 is 10.2 Å². The first-order valence-electron chi connectivity index (χ1n) is 6.76. The van der Waals surface area contributed by atoms with Gasteiger partial charge in [0.05, 0.1) is 0 Å². The largest absolute Gasteiger partial charge is 0.352 e. The summed E-state index contributed by atoms with van der Waals surface area (Å²) in [6.45, 7) is 2.37. The van der Waals surface area contributed by atoms with E-state index in [1.807, 2.05) is 23.2 Å². The maximum Gasteiger partial charge on any atom is 0.243 e. The Bertz CT molecular complexity index is 620. The second-order valence-corrected chi connectivity index (χ2v) is 5.77. The number of anilines is 1. The predicted octanol–water partition coefficient (Wildman–Crippen LogP) is 1.92. The van der Waals surface area contributed by atoms with Crippen molar-refractivity contribution < 1.29 is 4.79 Å². The van der Waals surface area contributed by atoms with Crippen LogP contribution < -0.4 is 5.32 Å². The Morgan fingerprint density at radius 3 is 2.95 bits per heavy atom. The lowest BCUT2D eigenvalue weighted by Gasteiger charge is -2.14. The second kappa shape index (κ2) is 5.78. The number of hydrogen-bond acceptors (Lipinski definition) is 4. The van der Waals surface area contributed by atoms with Crippen LogP contribution in [0.4, 0.5) is 5.95 Å². The van der Waals surface area contributed by atoms with E-state index >= 15 is 0 Å². The maximum absolute atomic E-state index is 11.9. The Balaban J connectivity index is 1.55. The number of likely N-dealkylation sites (tertiary alicyclic amines) is 1. The third-order valence-electron chi connectivity index (χ3n) is 3.38. The third-order valence-corrected chi connectivity index (χ3v) is 3.84. The maximum atomic E-state index is 11.9. The van der Waals surface area contributed by atoms with Gasteiger partial charge in [0, 0.05) is 36.7 Å². The second-order valence-electron chi connectivity index (χ2n) is 4.85. The summed E-state index contributed by atoms with van der Waals surface area (Å²) in [7, 11) is 0. The molecule has 1 N–H and O–H groups in total. The lowest BCUT2D eigenvalue weighted by molar-refractivity contribution is -0.129. The van der Waals surface area contributed by atoms with Crippen LogP contribution in [-0.4, -0.2) is 45.0 Å². The summed E-state index contributed by atoms with van der Waals surface area (Å²) in [5.74, 6) is 0.763. The predicted molar refractivity (Wildman–Crippen MR) is 79.6 cm³/mol. The van der Waals surface area contributed by atoms with E-state index in [1.165, 1.54) is 0 Å². The van der Waals surface area contributed by atoms with Crippen LogP contribution in [-0.2, 0) is 4.79 Å². The van der Waals surface area contributed by atoms with Crippen LogP contribution in [0.1, 0.15) is 19.3 Å². The van der Waals surface area contributed by atoms with E-state index in [9.17, 15) is 4.79 Å². The molecule has 7 heteroatoms. The lowest BCUT2D eigenvalue weighted by atomic mass is 10.3. The van der Waals surface area contributed by atoms with Crippen molar-refractivity contribution in [3.8, 4) is 0 Å². The molecule has 0 unspecified atom stereocenters. The van der Waals surface area contributed by atoms with Crippen LogP contribution in [0.25, 0.3) is 5.65 Å². The smallest absolute Gasteiger partial charge is 0.243 e. The highest BCUT2D eigenvalue weighted by molar-refractivity contribution is 9.10. The first-order valence-corrected chi connectivity index (χ1v) is 7.55. The minimum Gasteiger partial charge on any atom is -0.352 e. The molecular formula is C13H16BrN5O. The van der Waals surface area contributed by atoms with Gasteiger partial charge in [0.25, 0.3) is 0 Å². The molecule has 2 aromatic rings. The van der Waals surface area contributed by atoms with E-state index in [0.717, 1.165) is 36.1 Å². The van der Waals surface area contributed by atoms with Gasteiger partial charge in [0.2, 0.25) is 11.9 Å². The van der Waals surface area contributed by atoms with Crippen molar-refractivity contribution >= 4 is 33.4 Å². The highest BCUT2D eigenvalue weighted by Gasteiger charge is 2.17. The highest BCUT2D eigenvalue weighted by Crippen LogP contribution is 2.12. The number of amides is 1. The molecule has 1 aliphatic heterocycles. The van der Waals surface area contributed by atoms with Crippen LogP contribution >= 0.6 is 15.9 Å². The lowest BCUT2D eigenvalue weighted by Crippen LogP contribution is -2.29. The van der Waals surface area contributed by atoms with Gasteiger partial charge in [-0.1, -0.05) is 0 Å². The number of halogens is 1. The fraction of sp³-hybridized carbons (Fsp3) is 0.462. The van der Waals surface area contributed by atoms with E-state index in [1.54, 1.807) is 4.52 Å². The number of hydrogen-bond donors (Lipinski definition) is 1. The van der Waals surface area contributed by atoms with E-state index in [-0.39, 0.29) is 5.91 Å². The normalized spacial score (nSPS) is 14.9. The van der Waals surface area contributed by atoms with Crippen molar-refractivity contribution in [1.29, 1.82) is 0 Å². The number of pyridine rings is 1. The fourth-order valence-electron chi connectivity index (χ4n) is 2.34. The van der Waals surface area contributed by atoms with Crippen molar-refractivity contribution in [2.75, 3.05) is 25.0 Å². The van der Waals surface area contributed by atoms with Crippen LogP contribution in [0.3, 0.4) is 0 Å². The van der Waals surface area contributed by atoms with Crippen LogP contribution in [0, 0.1) is 0 Å². The summed E-state index contributed by atoms with van der Waals surface area (Å²) in [6, 6.07) is 3.81. The summed E-state index contributed by atoms with van der Waals surface area (Å²) in [5, 5.41) is 7.41. The van der Waals surface area contributed by atoms with Gasteiger partial charge in [-0.15, -0.1) is 5.10 Å². The zero-order valence-electron chi connectivity index (χ0n) is 11.0. The number of nitrogens with zero attached hydrogens (tertiary/aromatic N) is 4. The van der Waals surface area contributed by atoms with Gasteiger partial charge in [-0.2, -0.15) is 4.98 Å². The summed E-state index contributed by atoms with van der Waals surface area (Å²) in [4.78, 5) is 18.2. The molecule has 106 valence electrons. The zero-order chi connectivity index (χ0) is 13.9. The molecule has 0 saturated carbocycles. The topological polar surface area (TPSA) is 62.5 Å². The first-order chi connectivity index (χ1) is 9.72. The standard InChI is InChI=1S/C13H16BrN5O/c14-10-3-4-11-16-13(17-19(11)9-10)15-6-5-12(20)18-7-1-2-8-18/h3-4,9H,1-2,5-8H2,(H,15,17). The van der Waals surface area contributed by atoms with E-state index < -0.39 is 0 Å². The number of rotatable bonds is 4. The molecule has 1 saturated heterocycles. The van der Waals surface area contributed by atoms with Crippen molar-refractivity contribution in [3.63, 3.8) is 0 Å². The van der Waals surface area contributed by atoms with Crippen LogP contribution in [0.15, 0.2) is 22.8 Å². The van der Waals surface area contributed by atoms with Crippen LogP contribution in [0.5, 0.6) is 0 Å². The molecule has 0 aliphatic carbocycles. The Labute approximate surface area is 125 Å². The Hall–Kier alpha value is -1.63. The molecule has 0 bridgehead atoms. The summed E-state index contributed by atoms with van der Waals surface area (Å²) >= 11 is 3.39. The van der Waals surface area contributed by atoms with Gasteiger partial charge in [-0.25, -0.2) is 4.52 Å². The van der Waals surface area contributed by atoms with E-state index in [4.69, 9.17) is 0 Å². The Morgan fingerprint density at radius 2 is 2.15 bits per heavy atom. The van der Waals surface area contributed by atoms with Gasteiger partial charge in [0.15, 0.2) is 5.65 Å². The molecule has 0 aromatic carbocycles. The molecule has 3 heterocycles. The monoisotopic (exact) mass is 337 g/mol. The minimum atomic E-state index is 0.210. The molecule has 2 aromatic heterocycles. The fourth-order valence-corrected chi connectivity index (χ4v) is 2.66. The van der Waals surface area contributed by atoms with Gasteiger partial charge in [-0.05, 0) is 40.9 Å². The third kappa shape index (κ3) is 2.92. The molecule has 0 spiro atoms. The van der Waals surface area contributed by atoms with Gasteiger partial charge in [0.1, 0.15) is 0 Å². The number of fused-ring (bicyclic) bond motifs is 1. The molecule has 20 heavy (non-hydrogen) atoms. The molecule has 0 atom stereocenters. The van der Waals surface area contributed by atoms with E-state index in [2.05, 4.69) is 31.3 Å². The Kier molecular flexibility index (Phi) is 3.86. The molecular weight excluding hydrogens is 322 g/mol. The average Bonchev–Trinajstić information content (AvgIpc) is 3.06. The summed E-state index contributed by atoms with van der Waals surface area (Å²) in [6.07, 6.45) is 4.59. The molecule has 1 amide bonds. The van der Waals surface area contributed by atoms with Crippen LogP contribution in [0.2, 0.25) is 0 Å². The van der Waals surface area contributed by atoms with Crippen molar-refractivity contribution in [2.24, 2.45) is 0 Å². The highest BCUT2D eigenvalue weighted by atomic mass is 79.9. The summed E-state index contributed by atoms with van der Waals surface area (Å²) in [5.41, 5.74) is 0.779. The number of carbonyl (C=O) groups is 1. The number of nitrogens with one attached hydrogen (secondary N) is 1. The van der Waals surface area contributed by atoms with Crippen molar-refractivity contribution in [1.82, 2.24) is 19.5 Å². The molecule has 1 fully saturated rings. The van der Waals surface area contributed by atoms with Crippen molar-refractivity contribution in [3.05, 3.63) is 22.8 Å². The van der Waals surface area contributed by atoms with Crippen molar-refractivity contribution in [2.45, 2.75) is 19.3 Å². The minimum absolute atomic E-state index is 0.210. The number of carbonyl (C=O) groups excluding carboxylic acids is 1. The SMILES string of the molecule is O=C(CCNc1nc2ccc(Br)cn2n1)N1CCCC1. The average molecular weight is 338 g/mol. The van der Waals surface area contributed by atoms with E-state index in [0.29, 0.717) is 18.9 Å². The quantitative estimate of drug-likeness (QED) is 0.925. The zero-order valence-corrected chi connectivity index (χ0v) is 12.6. The first kappa shape index (κ1) is 13.4. The number of aromatic nitrogens is 3. The molecule has 3 rings (SSSR count). The van der Waals surface area contributed by atoms with Gasteiger partial charge >= 0.3 is 0 Å². The molecule has 1 aliphatic rings. The molecule has 6 nitrogen and oxygen atoms in total. The molecule has 0 radical (unpaired) electrons. The Morgan fingerprint density at radius 1 is 1.35 bits per heavy atom.